The van der Waals surface area contributed by atoms with E-state index in [0.717, 1.165) is 6.20 Å². The van der Waals surface area contributed by atoms with Gasteiger partial charge in [0.2, 0.25) is 0 Å². The van der Waals surface area contributed by atoms with Gasteiger partial charge in [0, 0.05) is 18.0 Å². The molecule has 4 N–H and O–H groups in total. The Bertz CT molecular complexity index is 683. The number of carboxylic acids is 1. The summed E-state index contributed by atoms with van der Waals surface area (Å²) in [6.45, 7) is 0. The molecular weight excluding hydrogens is 274 g/mol. The molecule has 0 aliphatic carbocycles. The summed E-state index contributed by atoms with van der Waals surface area (Å²) in [5.41, 5.74) is 6.44. The molecule has 0 aliphatic rings. The molecular formula is C14H13N3O4. The minimum Gasteiger partial charge on any atom is -0.496 e. The van der Waals surface area contributed by atoms with E-state index in [0.29, 0.717) is 17.0 Å². The van der Waals surface area contributed by atoms with Gasteiger partial charge in [-0.25, -0.2) is 9.78 Å². The zero-order valence-corrected chi connectivity index (χ0v) is 11.2. The SMILES string of the molecule is COc1cc(N)ccc1C(=O)Nc1ccc(C(=O)O)cn1. The van der Waals surface area contributed by atoms with Crippen molar-refractivity contribution in [2.24, 2.45) is 0 Å². The van der Waals surface area contributed by atoms with Gasteiger partial charge in [-0.3, -0.25) is 4.79 Å². The Kier molecular flexibility index (Phi) is 4.03. The number of rotatable bonds is 4. The monoisotopic (exact) mass is 287 g/mol. The van der Waals surface area contributed by atoms with E-state index in [9.17, 15) is 9.59 Å². The number of carboxylic acid groups (broad SMARTS) is 1. The molecule has 0 aliphatic heterocycles. The molecule has 1 aromatic heterocycles. The molecule has 2 rings (SSSR count). The van der Waals surface area contributed by atoms with Crippen molar-refractivity contribution in [2.75, 3.05) is 18.2 Å². The largest absolute Gasteiger partial charge is 0.496 e. The first kappa shape index (κ1) is 14.3. The summed E-state index contributed by atoms with van der Waals surface area (Å²) in [5.74, 6) is -0.929. The number of nitrogens with zero attached hydrogens (tertiary/aromatic N) is 1. The molecule has 1 amide bonds. The van der Waals surface area contributed by atoms with Crippen LogP contribution in [-0.4, -0.2) is 29.1 Å². The Labute approximate surface area is 120 Å². The molecule has 0 bridgehead atoms. The van der Waals surface area contributed by atoms with Gasteiger partial charge in [0.15, 0.2) is 0 Å². The predicted octanol–water partition coefficient (Wildman–Crippen LogP) is 1.62. The standard InChI is InChI=1S/C14H13N3O4/c1-21-11-6-9(15)3-4-10(11)13(18)17-12-5-2-8(7-16-12)14(19)20/h2-7H,15H2,1H3,(H,19,20)(H,16,17,18). The number of hydrogen-bond acceptors (Lipinski definition) is 5. The van der Waals surface area contributed by atoms with Crippen LogP contribution in [0, 0.1) is 0 Å². The van der Waals surface area contributed by atoms with Crippen molar-refractivity contribution < 1.29 is 19.4 Å². The zero-order chi connectivity index (χ0) is 15.4. The number of ether oxygens (including phenoxy) is 1. The first-order valence-corrected chi connectivity index (χ1v) is 5.95. The van der Waals surface area contributed by atoms with E-state index in [-0.39, 0.29) is 11.4 Å². The normalized spacial score (nSPS) is 9.95. The van der Waals surface area contributed by atoms with Crippen molar-refractivity contribution in [3.05, 3.63) is 47.7 Å². The van der Waals surface area contributed by atoms with E-state index < -0.39 is 11.9 Å². The van der Waals surface area contributed by atoms with Crippen LogP contribution in [0.1, 0.15) is 20.7 Å². The molecule has 21 heavy (non-hydrogen) atoms. The van der Waals surface area contributed by atoms with Gasteiger partial charge in [-0.2, -0.15) is 0 Å². The van der Waals surface area contributed by atoms with Gasteiger partial charge in [0.05, 0.1) is 18.2 Å². The van der Waals surface area contributed by atoms with E-state index in [1.807, 2.05) is 0 Å². The average Bonchev–Trinajstić information content (AvgIpc) is 2.47. The highest BCUT2D eigenvalue weighted by Crippen LogP contribution is 2.22. The number of hydrogen-bond donors (Lipinski definition) is 3. The number of nitrogen functional groups attached to an aromatic ring is 1. The van der Waals surface area contributed by atoms with Crippen LogP contribution in [0.4, 0.5) is 11.5 Å². The molecule has 0 atom stereocenters. The summed E-state index contributed by atoms with van der Waals surface area (Å²) in [7, 11) is 1.44. The molecule has 0 spiro atoms. The molecule has 2 aromatic rings. The van der Waals surface area contributed by atoms with E-state index in [1.54, 1.807) is 6.07 Å². The summed E-state index contributed by atoms with van der Waals surface area (Å²) in [5, 5.41) is 11.3. The molecule has 0 unspecified atom stereocenters. The lowest BCUT2D eigenvalue weighted by molar-refractivity contribution is 0.0696. The predicted molar refractivity (Wildman–Crippen MR) is 76.6 cm³/mol. The Morgan fingerprint density at radius 1 is 1.29 bits per heavy atom. The van der Waals surface area contributed by atoms with E-state index in [1.165, 1.54) is 31.4 Å². The van der Waals surface area contributed by atoms with Gasteiger partial charge in [-0.15, -0.1) is 0 Å². The van der Waals surface area contributed by atoms with Gasteiger partial charge in [0.1, 0.15) is 11.6 Å². The number of anilines is 2. The average molecular weight is 287 g/mol. The van der Waals surface area contributed by atoms with Gasteiger partial charge < -0.3 is 20.9 Å². The van der Waals surface area contributed by atoms with E-state index in [4.69, 9.17) is 15.6 Å². The molecule has 1 heterocycles. The Morgan fingerprint density at radius 3 is 2.62 bits per heavy atom. The number of carbonyl (C=O) groups is 2. The lowest BCUT2D eigenvalue weighted by Gasteiger charge is -2.09. The first-order valence-electron chi connectivity index (χ1n) is 5.95. The minimum absolute atomic E-state index is 0.0399. The van der Waals surface area contributed by atoms with Gasteiger partial charge in [0.25, 0.3) is 5.91 Å². The molecule has 0 fully saturated rings. The second-order valence-electron chi connectivity index (χ2n) is 4.15. The Hall–Kier alpha value is -3.09. The molecule has 108 valence electrons. The zero-order valence-electron chi connectivity index (χ0n) is 11.2. The summed E-state index contributed by atoms with van der Waals surface area (Å²) in [6, 6.07) is 7.42. The van der Waals surface area contributed by atoms with E-state index in [2.05, 4.69) is 10.3 Å². The molecule has 1 aromatic carbocycles. The van der Waals surface area contributed by atoms with Crippen LogP contribution >= 0.6 is 0 Å². The third-order valence-corrected chi connectivity index (χ3v) is 2.72. The smallest absolute Gasteiger partial charge is 0.337 e. The van der Waals surface area contributed by atoms with Crippen molar-refractivity contribution in [1.82, 2.24) is 4.98 Å². The lowest BCUT2D eigenvalue weighted by atomic mass is 10.1. The van der Waals surface area contributed by atoms with Crippen LogP contribution < -0.4 is 15.8 Å². The van der Waals surface area contributed by atoms with Crippen LogP contribution in [0.3, 0.4) is 0 Å². The maximum atomic E-state index is 12.1. The minimum atomic E-state index is -1.08. The summed E-state index contributed by atoms with van der Waals surface area (Å²) >= 11 is 0. The molecule has 0 saturated heterocycles. The highest BCUT2D eigenvalue weighted by atomic mass is 16.5. The maximum absolute atomic E-state index is 12.1. The Balaban J connectivity index is 2.19. The maximum Gasteiger partial charge on any atom is 0.337 e. The summed E-state index contributed by atoms with van der Waals surface area (Å²) in [4.78, 5) is 26.7. The topological polar surface area (TPSA) is 115 Å². The second kappa shape index (κ2) is 5.91. The van der Waals surface area contributed by atoms with Crippen molar-refractivity contribution in [1.29, 1.82) is 0 Å². The van der Waals surface area contributed by atoms with Gasteiger partial charge in [-0.1, -0.05) is 0 Å². The second-order valence-corrected chi connectivity index (χ2v) is 4.15. The molecule has 0 saturated carbocycles. The summed E-state index contributed by atoms with van der Waals surface area (Å²) in [6.07, 6.45) is 1.16. The number of carbonyl (C=O) groups excluding carboxylic acids is 1. The number of amides is 1. The highest BCUT2D eigenvalue weighted by Gasteiger charge is 2.13. The van der Waals surface area contributed by atoms with Gasteiger partial charge >= 0.3 is 5.97 Å². The van der Waals surface area contributed by atoms with Crippen molar-refractivity contribution in [3.8, 4) is 5.75 Å². The number of nitrogens with two attached hydrogens (primary N) is 1. The first-order chi connectivity index (χ1) is 10.0. The third kappa shape index (κ3) is 3.27. The fourth-order valence-electron chi connectivity index (χ4n) is 1.67. The molecule has 7 nitrogen and oxygen atoms in total. The van der Waals surface area contributed by atoms with Crippen molar-refractivity contribution >= 4 is 23.4 Å². The van der Waals surface area contributed by atoms with Crippen LogP contribution in [0.25, 0.3) is 0 Å². The third-order valence-electron chi connectivity index (χ3n) is 2.72. The highest BCUT2D eigenvalue weighted by molar-refractivity contribution is 6.06. The van der Waals surface area contributed by atoms with Crippen LogP contribution in [-0.2, 0) is 0 Å². The fourth-order valence-corrected chi connectivity index (χ4v) is 1.67. The van der Waals surface area contributed by atoms with Crippen LogP contribution in [0.15, 0.2) is 36.5 Å². The van der Waals surface area contributed by atoms with Crippen molar-refractivity contribution in [2.45, 2.75) is 0 Å². The molecule has 0 radical (unpaired) electrons. The number of nitrogens with one attached hydrogen (secondary N) is 1. The number of aromatic carboxylic acids is 1. The number of benzene rings is 1. The Morgan fingerprint density at radius 2 is 2.05 bits per heavy atom. The molecule has 7 heteroatoms. The number of methoxy groups -OCH3 is 1. The van der Waals surface area contributed by atoms with Crippen LogP contribution in [0.5, 0.6) is 5.75 Å². The quantitative estimate of drug-likeness (QED) is 0.736. The number of aromatic nitrogens is 1. The fraction of sp³-hybridized carbons (Fsp3) is 0.0714. The number of pyridine rings is 1. The van der Waals surface area contributed by atoms with Gasteiger partial charge in [-0.05, 0) is 24.3 Å². The summed E-state index contributed by atoms with van der Waals surface area (Å²) < 4.78 is 5.10. The van der Waals surface area contributed by atoms with Crippen molar-refractivity contribution in [3.63, 3.8) is 0 Å². The lowest BCUT2D eigenvalue weighted by Crippen LogP contribution is -2.14. The van der Waals surface area contributed by atoms with E-state index >= 15 is 0 Å². The van der Waals surface area contributed by atoms with Crippen LogP contribution in [0.2, 0.25) is 0 Å².